The van der Waals surface area contributed by atoms with Crippen LogP contribution in [0, 0.1) is 13.8 Å². The summed E-state index contributed by atoms with van der Waals surface area (Å²) < 4.78 is 1.51. The zero-order chi connectivity index (χ0) is 18.7. The van der Waals surface area contributed by atoms with Crippen LogP contribution in [0.3, 0.4) is 0 Å². The minimum atomic E-state index is -0.248. The molecule has 0 aliphatic rings. The predicted octanol–water partition coefficient (Wildman–Crippen LogP) is 4.42. The van der Waals surface area contributed by atoms with E-state index in [0.717, 1.165) is 22.4 Å². The molecule has 0 aliphatic carbocycles. The molecule has 0 saturated carbocycles. The van der Waals surface area contributed by atoms with E-state index in [9.17, 15) is 9.59 Å². The number of aryl methyl sites for hydroxylation is 2. The lowest BCUT2D eigenvalue weighted by atomic mass is 10.1. The summed E-state index contributed by atoms with van der Waals surface area (Å²) in [5.74, 6) is -0.248. The highest BCUT2D eigenvalue weighted by Gasteiger charge is 2.10. The third-order valence-corrected chi connectivity index (χ3v) is 4.39. The van der Waals surface area contributed by atoms with Crippen molar-refractivity contribution >= 4 is 23.2 Å². The Bertz CT molecular complexity index is 1010. The van der Waals surface area contributed by atoms with Crippen LogP contribution in [0.5, 0.6) is 0 Å². The lowest BCUT2D eigenvalue weighted by Gasteiger charge is -2.11. The second-order valence-corrected chi connectivity index (χ2v) is 6.72. The SMILES string of the molecule is Cc1ccc(NC(=O)c2ccc(=O)n(Cc3ccc(Cl)cc3)c2)c(C)c1. The van der Waals surface area contributed by atoms with Crippen LogP contribution in [-0.2, 0) is 6.54 Å². The van der Waals surface area contributed by atoms with Gasteiger partial charge in [0.05, 0.1) is 12.1 Å². The van der Waals surface area contributed by atoms with Crippen LogP contribution in [-0.4, -0.2) is 10.5 Å². The number of pyridine rings is 1. The number of hydrogen-bond donors (Lipinski definition) is 1. The van der Waals surface area contributed by atoms with Gasteiger partial charge in [0.15, 0.2) is 0 Å². The molecule has 1 heterocycles. The topological polar surface area (TPSA) is 51.1 Å². The number of hydrogen-bond acceptors (Lipinski definition) is 2. The van der Waals surface area contributed by atoms with E-state index in [1.165, 1.54) is 10.6 Å². The first kappa shape index (κ1) is 18.0. The van der Waals surface area contributed by atoms with Crippen LogP contribution in [0.15, 0.2) is 65.6 Å². The van der Waals surface area contributed by atoms with E-state index >= 15 is 0 Å². The van der Waals surface area contributed by atoms with Gasteiger partial charge in [0, 0.05) is 23.0 Å². The van der Waals surface area contributed by atoms with Gasteiger partial charge in [-0.2, -0.15) is 0 Å². The highest BCUT2D eigenvalue weighted by molar-refractivity contribution is 6.30. The van der Waals surface area contributed by atoms with Crippen LogP contribution in [0.25, 0.3) is 0 Å². The van der Waals surface area contributed by atoms with E-state index in [-0.39, 0.29) is 11.5 Å². The van der Waals surface area contributed by atoms with Crippen LogP contribution < -0.4 is 10.9 Å². The Morgan fingerprint density at radius 1 is 1.04 bits per heavy atom. The number of nitrogens with one attached hydrogen (secondary N) is 1. The Kier molecular flexibility index (Phi) is 5.24. The van der Waals surface area contributed by atoms with Gasteiger partial charge in [-0.05, 0) is 49.2 Å². The van der Waals surface area contributed by atoms with E-state index in [2.05, 4.69) is 5.32 Å². The molecule has 1 amide bonds. The van der Waals surface area contributed by atoms with Crippen LogP contribution in [0.2, 0.25) is 5.02 Å². The van der Waals surface area contributed by atoms with Gasteiger partial charge >= 0.3 is 0 Å². The van der Waals surface area contributed by atoms with Gasteiger partial charge < -0.3 is 9.88 Å². The molecular weight excluding hydrogens is 348 g/mol. The number of benzene rings is 2. The Balaban J connectivity index is 1.83. The zero-order valence-electron chi connectivity index (χ0n) is 14.6. The number of carbonyl (C=O) groups is 1. The van der Waals surface area contributed by atoms with Crippen molar-refractivity contribution in [3.8, 4) is 0 Å². The van der Waals surface area contributed by atoms with Crippen molar-refractivity contribution in [1.29, 1.82) is 0 Å². The summed E-state index contributed by atoms with van der Waals surface area (Å²) >= 11 is 5.89. The molecule has 0 unspecified atom stereocenters. The highest BCUT2D eigenvalue weighted by atomic mass is 35.5. The summed E-state index contributed by atoms with van der Waals surface area (Å²) in [5, 5.41) is 3.54. The molecule has 3 aromatic rings. The number of nitrogens with zero attached hydrogens (tertiary/aromatic N) is 1. The highest BCUT2D eigenvalue weighted by Crippen LogP contribution is 2.17. The van der Waals surface area contributed by atoms with E-state index in [1.54, 1.807) is 24.4 Å². The second kappa shape index (κ2) is 7.58. The quantitative estimate of drug-likeness (QED) is 0.743. The van der Waals surface area contributed by atoms with Gasteiger partial charge in [-0.15, -0.1) is 0 Å². The number of carbonyl (C=O) groups excluding carboxylic acids is 1. The van der Waals surface area contributed by atoms with Gasteiger partial charge in [0.25, 0.3) is 11.5 Å². The monoisotopic (exact) mass is 366 g/mol. The lowest BCUT2D eigenvalue weighted by Crippen LogP contribution is -2.22. The molecule has 0 bridgehead atoms. The van der Waals surface area contributed by atoms with Gasteiger partial charge in [0.2, 0.25) is 0 Å². The predicted molar refractivity (Wildman–Crippen MR) is 105 cm³/mol. The van der Waals surface area contributed by atoms with E-state index in [1.807, 2.05) is 44.2 Å². The van der Waals surface area contributed by atoms with Crippen molar-refractivity contribution in [2.45, 2.75) is 20.4 Å². The standard InChI is InChI=1S/C21H19ClN2O2/c1-14-3-9-19(15(2)11-14)23-21(26)17-6-10-20(25)24(13-17)12-16-4-7-18(22)8-5-16/h3-11,13H,12H2,1-2H3,(H,23,26). The molecule has 3 rings (SSSR count). The van der Waals surface area contributed by atoms with Crippen LogP contribution in [0.1, 0.15) is 27.0 Å². The Hall–Kier alpha value is -2.85. The number of anilines is 1. The number of halogens is 1. The van der Waals surface area contributed by atoms with Crippen molar-refractivity contribution in [2.24, 2.45) is 0 Å². The third-order valence-electron chi connectivity index (χ3n) is 4.14. The molecule has 0 fully saturated rings. The van der Waals surface area contributed by atoms with Crippen LogP contribution >= 0.6 is 11.6 Å². The van der Waals surface area contributed by atoms with E-state index in [4.69, 9.17) is 11.6 Å². The average Bonchev–Trinajstić information content (AvgIpc) is 2.61. The average molecular weight is 367 g/mol. The molecule has 0 aliphatic heterocycles. The normalized spacial score (nSPS) is 10.6. The summed E-state index contributed by atoms with van der Waals surface area (Å²) in [7, 11) is 0. The maximum absolute atomic E-state index is 12.6. The minimum absolute atomic E-state index is 0.164. The molecule has 2 aromatic carbocycles. The molecule has 1 aromatic heterocycles. The molecule has 0 radical (unpaired) electrons. The van der Waals surface area contributed by atoms with Gasteiger partial charge in [-0.25, -0.2) is 0 Å². The fourth-order valence-electron chi connectivity index (χ4n) is 2.72. The van der Waals surface area contributed by atoms with Crippen molar-refractivity contribution < 1.29 is 4.79 Å². The van der Waals surface area contributed by atoms with Gasteiger partial charge in [-0.3, -0.25) is 9.59 Å². The molecule has 4 nitrogen and oxygen atoms in total. The summed E-state index contributed by atoms with van der Waals surface area (Å²) in [4.78, 5) is 24.7. The smallest absolute Gasteiger partial charge is 0.257 e. The first-order chi connectivity index (χ1) is 12.4. The first-order valence-corrected chi connectivity index (χ1v) is 8.64. The molecule has 0 spiro atoms. The Morgan fingerprint density at radius 2 is 1.77 bits per heavy atom. The molecule has 26 heavy (non-hydrogen) atoms. The number of aromatic nitrogens is 1. The second-order valence-electron chi connectivity index (χ2n) is 6.28. The van der Waals surface area contributed by atoms with E-state index < -0.39 is 0 Å². The summed E-state index contributed by atoms with van der Waals surface area (Å²) in [6.07, 6.45) is 1.58. The summed E-state index contributed by atoms with van der Waals surface area (Å²) in [6, 6.07) is 16.1. The fourth-order valence-corrected chi connectivity index (χ4v) is 2.85. The van der Waals surface area contributed by atoms with Gasteiger partial charge in [-0.1, -0.05) is 41.4 Å². The molecular formula is C21H19ClN2O2. The van der Waals surface area contributed by atoms with Crippen LogP contribution in [0.4, 0.5) is 5.69 Å². The Labute approximate surface area is 157 Å². The molecule has 0 saturated heterocycles. The molecule has 1 N–H and O–H groups in total. The Morgan fingerprint density at radius 3 is 2.46 bits per heavy atom. The van der Waals surface area contributed by atoms with Crippen molar-refractivity contribution in [2.75, 3.05) is 5.32 Å². The fraction of sp³-hybridized carbons (Fsp3) is 0.143. The molecule has 5 heteroatoms. The van der Waals surface area contributed by atoms with Crippen molar-refractivity contribution in [3.05, 3.63) is 98.4 Å². The maximum atomic E-state index is 12.6. The van der Waals surface area contributed by atoms with E-state index in [0.29, 0.717) is 17.1 Å². The number of amides is 1. The lowest BCUT2D eigenvalue weighted by molar-refractivity contribution is 0.102. The first-order valence-electron chi connectivity index (χ1n) is 8.26. The molecule has 0 atom stereocenters. The van der Waals surface area contributed by atoms with Crippen molar-refractivity contribution in [1.82, 2.24) is 4.57 Å². The summed E-state index contributed by atoms with van der Waals surface area (Å²) in [5.41, 5.74) is 4.09. The zero-order valence-corrected chi connectivity index (χ0v) is 15.4. The summed E-state index contributed by atoms with van der Waals surface area (Å²) in [6.45, 7) is 4.33. The minimum Gasteiger partial charge on any atom is -0.322 e. The third kappa shape index (κ3) is 4.21. The maximum Gasteiger partial charge on any atom is 0.257 e. The van der Waals surface area contributed by atoms with Gasteiger partial charge in [0.1, 0.15) is 0 Å². The largest absolute Gasteiger partial charge is 0.322 e. The number of rotatable bonds is 4. The molecule has 132 valence electrons. The van der Waals surface area contributed by atoms with Crippen molar-refractivity contribution in [3.63, 3.8) is 0 Å².